The summed E-state index contributed by atoms with van der Waals surface area (Å²) in [6, 6.07) is 8.96. The minimum Gasteiger partial charge on any atom is -0.394 e. The smallest absolute Gasteiger partial charge is 0.192 e. The lowest BCUT2D eigenvalue weighted by atomic mass is 9.86. The topological polar surface area (TPSA) is 54.7 Å². The number of morpholine rings is 1. The highest BCUT2D eigenvalue weighted by atomic mass is 35.5. The summed E-state index contributed by atoms with van der Waals surface area (Å²) in [5, 5.41) is 10.8. The van der Waals surface area contributed by atoms with Crippen molar-refractivity contribution in [2.45, 2.75) is 40.2 Å². The predicted molar refractivity (Wildman–Crippen MR) is 136 cm³/mol. The van der Waals surface area contributed by atoms with Crippen molar-refractivity contribution in [1.82, 2.24) is 4.57 Å². The second kappa shape index (κ2) is 9.68. The Bertz CT molecular complexity index is 1260. The molecule has 0 unspecified atom stereocenters. The number of aryl methyl sites for hydroxylation is 1. The number of aliphatic hydroxyl groups is 1. The van der Waals surface area contributed by atoms with E-state index in [-0.39, 0.29) is 28.5 Å². The van der Waals surface area contributed by atoms with Gasteiger partial charge in [-0.05, 0) is 47.7 Å². The van der Waals surface area contributed by atoms with Crippen LogP contribution in [0.1, 0.15) is 43.5 Å². The molecule has 0 saturated carbocycles. The zero-order valence-electron chi connectivity index (χ0n) is 20.2. The maximum atomic E-state index is 15.0. The Labute approximate surface area is 204 Å². The lowest BCUT2D eigenvalue weighted by Crippen LogP contribution is -2.36. The highest BCUT2D eigenvalue weighted by molar-refractivity contribution is 6.31. The number of hydrogen-bond acceptors (Lipinski definition) is 4. The Morgan fingerprint density at radius 1 is 1.18 bits per heavy atom. The Balaban J connectivity index is 1.76. The fraction of sp³-hybridized carbons (Fsp3) is 0.444. The molecule has 34 heavy (non-hydrogen) atoms. The van der Waals surface area contributed by atoms with Gasteiger partial charge in [-0.1, -0.05) is 38.4 Å². The van der Waals surface area contributed by atoms with Gasteiger partial charge in [-0.3, -0.25) is 4.79 Å². The number of aromatic nitrogens is 1. The molecule has 5 nitrogen and oxygen atoms in total. The van der Waals surface area contributed by atoms with Gasteiger partial charge in [0, 0.05) is 42.3 Å². The van der Waals surface area contributed by atoms with Gasteiger partial charge in [0.1, 0.15) is 5.82 Å². The van der Waals surface area contributed by atoms with Crippen molar-refractivity contribution in [3.05, 3.63) is 74.3 Å². The second-order valence-electron chi connectivity index (χ2n) is 10.1. The maximum Gasteiger partial charge on any atom is 0.192 e. The summed E-state index contributed by atoms with van der Waals surface area (Å²) in [4.78, 5) is 15.2. The Morgan fingerprint density at radius 3 is 2.53 bits per heavy atom. The van der Waals surface area contributed by atoms with Gasteiger partial charge >= 0.3 is 0 Å². The summed E-state index contributed by atoms with van der Waals surface area (Å²) in [5.74, 6) is -0.437. The first kappa shape index (κ1) is 24.7. The van der Waals surface area contributed by atoms with E-state index in [4.69, 9.17) is 16.3 Å². The van der Waals surface area contributed by atoms with Crippen LogP contribution in [0.25, 0.3) is 10.9 Å². The third-order valence-electron chi connectivity index (χ3n) is 6.64. The number of aliphatic hydroxyl groups excluding tert-OH is 1. The third-order valence-corrected chi connectivity index (χ3v) is 6.92. The van der Waals surface area contributed by atoms with Crippen molar-refractivity contribution < 1.29 is 14.2 Å². The van der Waals surface area contributed by atoms with Gasteiger partial charge in [0.25, 0.3) is 0 Å². The highest BCUT2D eigenvalue weighted by Gasteiger charge is 2.27. The third kappa shape index (κ3) is 4.85. The maximum absolute atomic E-state index is 15.0. The van der Waals surface area contributed by atoms with E-state index in [1.54, 1.807) is 13.0 Å². The molecule has 2 heterocycles. The van der Waals surface area contributed by atoms with Crippen LogP contribution in [0.4, 0.5) is 10.1 Å². The Morgan fingerprint density at radius 2 is 1.88 bits per heavy atom. The lowest BCUT2D eigenvalue weighted by Gasteiger charge is -2.33. The molecule has 3 aromatic rings. The van der Waals surface area contributed by atoms with Crippen molar-refractivity contribution in [1.29, 1.82) is 0 Å². The monoisotopic (exact) mass is 486 g/mol. The molecule has 1 atom stereocenters. The van der Waals surface area contributed by atoms with Gasteiger partial charge in [-0.2, -0.15) is 0 Å². The quantitative estimate of drug-likeness (QED) is 0.544. The van der Waals surface area contributed by atoms with Gasteiger partial charge in [-0.15, -0.1) is 0 Å². The Hall–Kier alpha value is -2.41. The summed E-state index contributed by atoms with van der Waals surface area (Å²) in [7, 11) is 0. The molecule has 7 heteroatoms. The van der Waals surface area contributed by atoms with Crippen LogP contribution in [0.5, 0.6) is 0 Å². The van der Waals surface area contributed by atoms with E-state index in [0.717, 1.165) is 29.9 Å². The molecule has 0 radical (unpaired) electrons. The summed E-state index contributed by atoms with van der Waals surface area (Å²) < 4.78 is 22.4. The van der Waals surface area contributed by atoms with Gasteiger partial charge in [0.15, 0.2) is 5.43 Å². The molecule has 182 valence electrons. The lowest BCUT2D eigenvalue weighted by molar-refractivity contribution is 0.122. The van der Waals surface area contributed by atoms with Crippen molar-refractivity contribution in [2.24, 2.45) is 5.41 Å². The molecule has 0 aliphatic carbocycles. The largest absolute Gasteiger partial charge is 0.394 e. The predicted octanol–water partition coefficient (Wildman–Crippen LogP) is 5.11. The molecule has 0 spiro atoms. The van der Waals surface area contributed by atoms with Crippen molar-refractivity contribution in [3.8, 4) is 0 Å². The number of benzene rings is 2. The van der Waals surface area contributed by atoms with Gasteiger partial charge in [0.2, 0.25) is 0 Å². The highest BCUT2D eigenvalue weighted by Crippen LogP contribution is 2.33. The number of fused-ring (bicyclic) bond motifs is 1. The minimum atomic E-state index is -0.437. The van der Waals surface area contributed by atoms with Gasteiger partial charge < -0.3 is 19.3 Å². The summed E-state index contributed by atoms with van der Waals surface area (Å²) in [6.45, 7) is 10.7. The van der Waals surface area contributed by atoms with Crippen molar-refractivity contribution in [2.75, 3.05) is 37.8 Å². The molecule has 0 amide bonds. The minimum absolute atomic E-state index is 0.0410. The first-order valence-corrected chi connectivity index (χ1v) is 12.0. The number of anilines is 1. The van der Waals surface area contributed by atoms with E-state index >= 15 is 0 Å². The van der Waals surface area contributed by atoms with Crippen LogP contribution in [-0.4, -0.2) is 42.6 Å². The summed E-state index contributed by atoms with van der Waals surface area (Å²) >= 11 is 6.25. The normalized spacial score (nSPS) is 15.7. The van der Waals surface area contributed by atoms with E-state index in [0.29, 0.717) is 36.1 Å². The Kier molecular flexibility index (Phi) is 7.04. The number of halogens is 2. The van der Waals surface area contributed by atoms with Crippen LogP contribution in [0.15, 0.2) is 41.3 Å². The number of hydrogen-bond donors (Lipinski definition) is 1. The van der Waals surface area contributed by atoms with Crippen LogP contribution >= 0.6 is 11.6 Å². The summed E-state index contributed by atoms with van der Waals surface area (Å²) in [6.07, 6.45) is 2.14. The number of ether oxygens (including phenoxy) is 1. The molecule has 1 aliphatic rings. The van der Waals surface area contributed by atoms with Crippen LogP contribution in [-0.2, 0) is 11.2 Å². The van der Waals surface area contributed by atoms with Gasteiger partial charge in [0.05, 0.1) is 36.4 Å². The van der Waals surface area contributed by atoms with E-state index in [1.807, 2.05) is 35.0 Å². The molecule has 1 aromatic heterocycles. The average molecular weight is 487 g/mol. The first-order chi connectivity index (χ1) is 16.1. The standard InChI is InChI=1S/C27H32ClFN2O3/c1-17-15-31(24(16-32)27(2,3)4)23-6-5-18(12-21(23)26(17)33)11-19-13-20(14-22(28)25(19)29)30-7-9-34-10-8-30/h5-6,12-15,24,32H,7-11,16H2,1-4H3/t24-/m1/s1. The van der Waals surface area contributed by atoms with Crippen LogP contribution in [0.3, 0.4) is 0 Å². The molecule has 2 aromatic carbocycles. The van der Waals surface area contributed by atoms with E-state index in [9.17, 15) is 14.3 Å². The van der Waals surface area contributed by atoms with E-state index in [1.165, 1.54) is 0 Å². The molecule has 1 saturated heterocycles. The number of nitrogens with zero attached hydrogens (tertiary/aromatic N) is 2. The molecular formula is C27H32ClFN2O3. The summed E-state index contributed by atoms with van der Waals surface area (Å²) in [5.41, 5.74) is 3.29. The molecule has 4 rings (SSSR count). The number of rotatable bonds is 5. The van der Waals surface area contributed by atoms with Crippen LogP contribution in [0.2, 0.25) is 5.02 Å². The first-order valence-electron chi connectivity index (χ1n) is 11.7. The molecule has 1 fully saturated rings. The number of pyridine rings is 1. The molecule has 1 N–H and O–H groups in total. The second-order valence-corrected chi connectivity index (χ2v) is 10.5. The zero-order chi connectivity index (χ0) is 24.6. The molecular weight excluding hydrogens is 455 g/mol. The van der Waals surface area contributed by atoms with Gasteiger partial charge in [-0.25, -0.2) is 4.39 Å². The fourth-order valence-corrected chi connectivity index (χ4v) is 4.90. The van der Waals surface area contributed by atoms with Crippen molar-refractivity contribution in [3.63, 3.8) is 0 Å². The SMILES string of the molecule is Cc1cn([C@H](CO)C(C)(C)C)c2ccc(Cc3cc(N4CCOCC4)cc(Cl)c3F)cc2c1=O. The van der Waals surface area contributed by atoms with Crippen molar-refractivity contribution >= 4 is 28.2 Å². The molecule has 1 aliphatic heterocycles. The van der Waals surface area contributed by atoms with E-state index < -0.39 is 5.82 Å². The molecule has 0 bridgehead atoms. The average Bonchev–Trinajstić information content (AvgIpc) is 2.80. The van der Waals surface area contributed by atoms with Crippen LogP contribution in [0, 0.1) is 18.2 Å². The fourth-order valence-electron chi connectivity index (χ4n) is 4.67. The zero-order valence-corrected chi connectivity index (χ0v) is 21.0. The van der Waals surface area contributed by atoms with E-state index in [2.05, 4.69) is 25.7 Å². The van der Waals surface area contributed by atoms with Crippen LogP contribution < -0.4 is 10.3 Å².